The molecule has 2 rings (SSSR count). The van der Waals surface area contributed by atoms with Crippen LogP contribution in [0.15, 0.2) is 0 Å². The summed E-state index contributed by atoms with van der Waals surface area (Å²) in [6, 6.07) is 0. The fourth-order valence-electron chi connectivity index (χ4n) is 1.70. The first-order valence-electron chi connectivity index (χ1n) is 4.75. The van der Waals surface area contributed by atoms with Gasteiger partial charge in [0.1, 0.15) is 12.7 Å². The SMILES string of the molecule is COC(=O)COC1CC[C@H]2CO[C@@H]1O2. The molecule has 0 amide bonds. The lowest BCUT2D eigenvalue weighted by Crippen LogP contribution is -2.36. The molecule has 2 heterocycles. The second-order valence-electron chi connectivity index (χ2n) is 3.46. The van der Waals surface area contributed by atoms with E-state index in [1.165, 1.54) is 7.11 Å². The highest BCUT2D eigenvalue weighted by Crippen LogP contribution is 2.28. The first-order chi connectivity index (χ1) is 6.79. The fraction of sp³-hybridized carbons (Fsp3) is 0.889. The van der Waals surface area contributed by atoms with Gasteiger partial charge in [0, 0.05) is 0 Å². The summed E-state index contributed by atoms with van der Waals surface area (Å²) >= 11 is 0. The summed E-state index contributed by atoms with van der Waals surface area (Å²) in [4.78, 5) is 10.8. The molecule has 0 spiro atoms. The Hall–Kier alpha value is -0.650. The smallest absolute Gasteiger partial charge is 0.331 e. The molecule has 2 saturated heterocycles. The Morgan fingerprint density at radius 3 is 3.14 bits per heavy atom. The van der Waals surface area contributed by atoms with Gasteiger partial charge >= 0.3 is 5.97 Å². The summed E-state index contributed by atoms with van der Waals surface area (Å²) in [7, 11) is 1.34. The van der Waals surface area contributed by atoms with Gasteiger partial charge in [-0.15, -0.1) is 0 Å². The monoisotopic (exact) mass is 202 g/mol. The molecule has 2 aliphatic rings. The van der Waals surface area contributed by atoms with Gasteiger partial charge in [0.25, 0.3) is 0 Å². The lowest BCUT2D eigenvalue weighted by Gasteiger charge is -2.26. The standard InChI is InChI=1S/C9H14O5/c1-11-8(10)5-12-7-3-2-6-4-13-9(7)14-6/h6-7,9H,2-5H2,1H3/t6-,7?,9+/m0/s1. The van der Waals surface area contributed by atoms with E-state index < -0.39 is 0 Å². The summed E-state index contributed by atoms with van der Waals surface area (Å²) in [6.07, 6.45) is 1.61. The van der Waals surface area contributed by atoms with Crippen molar-refractivity contribution in [3.8, 4) is 0 Å². The number of carbonyl (C=O) groups excluding carboxylic acids is 1. The van der Waals surface area contributed by atoms with Crippen molar-refractivity contribution in [3.63, 3.8) is 0 Å². The maximum atomic E-state index is 10.8. The second-order valence-corrected chi connectivity index (χ2v) is 3.46. The lowest BCUT2D eigenvalue weighted by atomic mass is 10.1. The predicted octanol–water partition coefficient (Wildman–Crippen LogP) is 0.0799. The zero-order valence-electron chi connectivity index (χ0n) is 8.10. The summed E-state index contributed by atoms with van der Waals surface area (Å²) in [5, 5.41) is 0. The van der Waals surface area contributed by atoms with Gasteiger partial charge in [-0.05, 0) is 12.8 Å². The Morgan fingerprint density at radius 1 is 1.50 bits per heavy atom. The summed E-state index contributed by atoms with van der Waals surface area (Å²) in [5.74, 6) is -0.370. The van der Waals surface area contributed by atoms with Gasteiger partial charge in [-0.3, -0.25) is 0 Å². The van der Waals surface area contributed by atoms with Crippen LogP contribution in [0.1, 0.15) is 12.8 Å². The van der Waals surface area contributed by atoms with Crippen LogP contribution in [-0.2, 0) is 23.7 Å². The van der Waals surface area contributed by atoms with Gasteiger partial charge < -0.3 is 18.9 Å². The van der Waals surface area contributed by atoms with Crippen LogP contribution in [0.3, 0.4) is 0 Å². The molecule has 0 aliphatic carbocycles. The molecule has 5 nitrogen and oxygen atoms in total. The summed E-state index contributed by atoms with van der Waals surface area (Å²) in [6.45, 7) is 0.609. The largest absolute Gasteiger partial charge is 0.467 e. The van der Waals surface area contributed by atoms with E-state index in [0.717, 1.165) is 12.8 Å². The van der Waals surface area contributed by atoms with Crippen LogP contribution in [-0.4, -0.2) is 44.8 Å². The molecule has 14 heavy (non-hydrogen) atoms. The van der Waals surface area contributed by atoms with Crippen LogP contribution in [0.25, 0.3) is 0 Å². The van der Waals surface area contributed by atoms with E-state index in [1.807, 2.05) is 0 Å². The maximum absolute atomic E-state index is 10.8. The van der Waals surface area contributed by atoms with Crippen LogP contribution in [0.2, 0.25) is 0 Å². The highest BCUT2D eigenvalue weighted by molar-refractivity contribution is 5.70. The number of carbonyl (C=O) groups is 1. The van der Waals surface area contributed by atoms with E-state index in [2.05, 4.69) is 4.74 Å². The number of methoxy groups -OCH3 is 1. The quantitative estimate of drug-likeness (QED) is 0.607. The highest BCUT2D eigenvalue weighted by atomic mass is 16.7. The number of rotatable bonds is 3. The van der Waals surface area contributed by atoms with Gasteiger partial charge in [-0.1, -0.05) is 0 Å². The third kappa shape index (κ3) is 2.05. The summed E-state index contributed by atoms with van der Waals surface area (Å²) < 4.78 is 20.6. The first-order valence-corrected chi connectivity index (χ1v) is 4.75. The Bertz CT molecular complexity index is 217. The van der Waals surface area contributed by atoms with Crippen LogP contribution < -0.4 is 0 Å². The number of esters is 1. The average molecular weight is 202 g/mol. The Balaban J connectivity index is 1.77. The van der Waals surface area contributed by atoms with Gasteiger partial charge in [0.05, 0.1) is 19.8 Å². The Morgan fingerprint density at radius 2 is 2.36 bits per heavy atom. The maximum Gasteiger partial charge on any atom is 0.331 e. The minimum atomic E-state index is -0.370. The molecule has 0 aromatic rings. The molecule has 5 heteroatoms. The molecule has 0 radical (unpaired) electrons. The van der Waals surface area contributed by atoms with Crippen molar-refractivity contribution in [2.45, 2.75) is 31.3 Å². The fourth-order valence-corrected chi connectivity index (χ4v) is 1.70. The number of ether oxygens (including phenoxy) is 4. The minimum Gasteiger partial charge on any atom is -0.467 e. The van der Waals surface area contributed by atoms with Gasteiger partial charge in [0.2, 0.25) is 0 Å². The van der Waals surface area contributed by atoms with E-state index in [1.54, 1.807) is 0 Å². The van der Waals surface area contributed by atoms with Crippen molar-refractivity contribution in [2.24, 2.45) is 0 Å². The Kier molecular flexibility index (Phi) is 3.00. The van der Waals surface area contributed by atoms with Crippen LogP contribution in [0, 0.1) is 0 Å². The number of hydrogen-bond acceptors (Lipinski definition) is 5. The zero-order valence-corrected chi connectivity index (χ0v) is 8.10. The molecule has 0 saturated carbocycles. The molecule has 0 N–H and O–H groups in total. The van der Waals surface area contributed by atoms with E-state index in [9.17, 15) is 4.79 Å². The molecule has 2 bridgehead atoms. The van der Waals surface area contributed by atoms with Crippen LogP contribution in [0.4, 0.5) is 0 Å². The lowest BCUT2D eigenvalue weighted by molar-refractivity contribution is -0.182. The van der Waals surface area contributed by atoms with E-state index in [-0.39, 0.29) is 31.1 Å². The van der Waals surface area contributed by atoms with E-state index in [4.69, 9.17) is 14.2 Å². The molecule has 0 aromatic heterocycles. The number of hydrogen-bond donors (Lipinski definition) is 0. The van der Waals surface area contributed by atoms with Crippen molar-refractivity contribution in [3.05, 3.63) is 0 Å². The molecule has 2 fully saturated rings. The molecular weight excluding hydrogens is 188 g/mol. The summed E-state index contributed by atoms with van der Waals surface area (Å²) in [5.41, 5.74) is 0. The van der Waals surface area contributed by atoms with E-state index in [0.29, 0.717) is 6.61 Å². The predicted molar refractivity (Wildman–Crippen MR) is 45.6 cm³/mol. The van der Waals surface area contributed by atoms with E-state index >= 15 is 0 Å². The topological polar surface area (TPSA) is 54.0 Å². The molecular formula is C9H14O5. The van der Waals surface area contributed by atoms with Crippen LogP contribution >= 0.6 is 0 Å². The van der Waals surface area contributed by atoms with Crippen molar-refractivity contribution >= 4 is 5.97 Å². The van der Waals surface area contributed by atoms with Crippen molar-refractivity contribution in [1.82, 2.24) is 0 Å². The average Bonchev–Trinajstić information content (AvgIpc) is 2.60. The van der Waals surface area contributed by atoms with Crippen molar-refractivity contribution in [2.75, 3.05) is 20.3 Å². The minimum absolute atomic E-state index is 0.0327. The third-order valence-electron chi connectivity index (χ3n) is 2.49. The Labute approximate surface area is 82.3 Å². The van der Waals surface area contributed by atoms with Gasteiger partial charge in [-0.25, -0.2) is 4.79 Å². The number of fused-ring (bicyclic) bond motifs is 2. The molecule has 2 aliphatic heterocycles. The van der Waals surface area contributed by atoms with Gasteiger partial charge in [-0.2, -0.15) is 0 Å². The first kappa shape index (κ1) is 9.89. The molecule has 1 unspecified atom stereocenters. The third-order valence-corrected chi connectivity index (χ3v) is 2.49. The van der Waals surface area contributed by atoms with Crippen molar-refractivity contribution in [1.29, 1.82) is 0 Å². The zero-order chi connectivity index (χ0) is 9.97. The van der Waals surface area contributed by atoms with Crippen LogP contribution in [0.5, 0.6) is 0 Å². The normalized spacial score (nSPS) is 35.6. The highest BCUT2D eigenvalue weighted by Gasteiger charge is 2.38. The molecule has 3 atom stereocenters. The molecule has 0 aromatic carbocycles. The van der Waals surface area contributed by atoms with Gasteiger partial charge in [0.15, 0.2) is 6.29 Å². The van der Waals surface area contributed by atoms with Crippen molar-refractivity contribution < 1.29 is 23.7 Å². The second kappa shape index (κ2) is 4.25. The molecule has 80 valence electrons.